The van der Waals surface area contributed by atoms with E-state index in [9.17, 15) is 9.65 Å². The second kappa shape index (κ2) is 7.52. The molecule has 7 heteroatoms. The lowest BCUT2D eigenvalue weighted by Crippen LogP contribution is -2.52. The van der Waals surface area contributed by atoms with Crippen LogP contribution in [0.15, 0.2) is 30.6 Å². The third-order valence-corrected chi connectivity index (χ3v) is 5.32. The van der Waals surface area contributed by atoms with Crippen molar-refractivity contribution in [2.75, 3.05) is 24.5 Å². The zero-order valence-corrected chi connectivity index (χ0v) is 15.3. The summed E-state index contributed by atoms with van der Waals surface area (Å²) < 4.78 is 13.9. The molecule has 2 atom stereocenters. The van der Waals surface area contributed by atoms with Crippen LogP contribution in [0.4, 0.5) is 10.2 Å². The third-order valence-electron chi connectivity index (χ3n) is 5.09. The van der Waals surface area contributed by atoms with Gasteiger partial charge in [-0.25, -0.2) is 14.4 Å². The van der Waals surface area contributed by atoms with Crippen molar-refractivity contribution in [2.45, 2.75) is 24.9 Å². The Kier molecular flexibility index (Phi) is 4.94. The zero-order chi connectivity index (χ0) is 18.8. The van der Waals surface area contributed by atoms with Crippen LogP contribution in [0.5, 0.6) is 0 Å². The van der Waals surface area contributed by atoms with E-state index in [0.717, 1.165) is 32.5 Å². The molecule has 0 radical (unpaired) electrons. The zero-order valence-electron chi connectivity index (χ0n) is 14.6. The molecule has 2 aliphatic heterocycles. The van der Waals surface area contributed by atoms with Crippen molar-refractivity contribution in [1.29, 1.82) is 5.26 Å². The third kappa shape index (κ3) is 3.60. The van der Waals surface area contributed by atoms with Crippen molar-refractivity contribution in [3.8, 4) is 17.9 Å². The molecule has 0 spiro atoms. The molecule has 27 heavy (non-hydrogen) atoms. The maximum Gasteiger partial charge on any atom is 0.183 e. The number of anilines is 1. The standard InChI is InChI=1S/C20H17ClFN5/c21-15-2-6-18(22)14(11-15)1-3-16-4-5-17-13-26(9-10-27(16)17)20-19(12-23)24-7-8-25-20/h2,6-8,11,16-17H,4-5,9-10,13H2/t16-,17-/m0/s1. The van der Waals surface area contributed by atoms with Crippen LogP contribution in [0.25, 0.3) is 0 Å². The van der Waals surface area contributed by atoms with E-state index < -0.39 is 0 Å². The summed E-state index contributed by atoms with van der Waals surface area (Å²) in [6, 6.07) is 6.99. The van der Waals surface area contributed by atoms with Gasteiger partial charge in [-0.3, -0.25) is 4.90 Å². The molecule has 4 rings (SSSR count). The van der Waals surface area contributed by atoms with Gasteiger partial charge in [-0.05, 0) is 31.0 Å². The number of hydrogen-bond donors (Lipinski definition) is 0. The van der Waals surface area contributed by atoms with Crippen molar-refractivity contribution >= 4 is 17.4 Å². The number of aromatic nitrogens is 2. The Morgan fingerprint density at radius 3 is 2.89 bits per heavy atom. The molecule has 5 nitrogen and oxygen atoms in total. The fourth-order valence-corrected chi connectivity index (χ4v) is 3.97. The molecule has 0 N–H and O–H groups in total. The van der Waals surface area contributed by atoms with Gasteiger partial charge in [0.1, 0.15) is 11.9 Å². The highest BCUT2D eigenvalue weighted by atomic mass is 35.5. The van der Waals surface area contributed by atoms with Gasteiger partial charge >= 0.3 is 0 Å². The summed E-state index contributed by atoms with van der Waals surface area (Å²) in [5.74, 6) is 6.48. The minimum atomic E-state index is -0.349. The van der Waals surface area contributed by atoms with E-state index in [1.165, 1.54) is 18.3 Å². The summed E-state index contributed by atoms with van der Waals surface area (Å²) >= 11 is 5.94. The summed E-state index contributed by atoms with van der Waals surface area (Å²) in [6.45, 7) is 2.37. The first-order chi connectivity index (χ1) is 13.2. The molecule has 136 valence electrons. The molecule has 3 heterocycles. The Bertz CT molecular complexity index is 961. The van der Waals surface area contributed by atoms with E-state index in [1.54, 1.807) is 12.3 Å². The van der Waals surface area contributed by atoms with E-state index in [0.29, 0.717) is 28.1 Å². The van der Waals surface area contributed by atoms with Gasteiger partial charge in [0.2, 0.25) is 0 Å². The number of halogens is 2. The molecule has 1 aromatic carbocycles. The fourth-order valence-electron chi connectivity index (χ4n) is 3.80. The Balaban J connectivity index is 1.48. The van der Waals surface area contributed by atoms with Gasteiger partial charge in [0.15, 0.2) is 11.5 Å². The van der Waals surface area contributed by atoms with Crippen LogP contribution in [0, 0.1) is 29.0 Å². The summed E-state index contributed by atoms with van der Waals surface area (Å²) in [4.78, 5) is 12.9. The van der Waals surface area contributed by atoms with E-state index in [4.69, 9.17) is 11.6 Å². The maximum absolute atomic E-state index is 13.9. The Morgan fingerprint density at radius 2 is 2.04 bits per heavy atom. The molecule has 2 aromatic rings. The smallest absolute Gasteiger partial charge is 0.183 e. The van der Waals surface area contributed by atoms with Gasteiger partial charge in [0.05, 0.1) is 11.6 Å². The first kappa shape index (κ1) is 17.7. The van der Waals surface area contributed by atoms with Gasteiger partial charge in [-0.1, -0.05) is 23.4 Å². The SMILES string of the molecule is N#Cc1nccnc1N1CCN2[C@@H](CC[C@@H]2C#Cc2cc(Cl)ccc2F)C1. The number of fused-ring (bicyclic) bond motifs is 1. The molecule has 1 aromatic heterocycles. The lowest BCUT2D eigenvalue weighted by molar-refractivity contribution is 0.202. The maximum atomic E-state index is 13.9. The van der Waals surface area contributed by atoms with Gasteiger partial charge in [0, 0.05) is 43.1 Å². The van der Waals surface area contributed by atoms with E-state index in [2.05, 4.69) is 37.7 Å². The highest BCUT2D eigenvalue weighted by Gasteiger charge is 2.37. The van der Waals surface area contributed by atoms with Crippen LogP contribution >= 0.6 is 11.6 Å². The van der Waals surface area contributed by atoms with Crippen LogP contribution in [0.2, 0.25) is 5.02 Å². The largest absolute Gasteiger partial charge is 0.351 e. The molecule has 0 aliphatic carbocycles. The number of piperazine rings is 1. The normalized spacial score (nSPS) is 21.9. The Morgan fingerprint density at radius 1 is 1.19 bits per heavy atom. The Hall–Kier alpha value is -2.67. The molecule has 0 unspecified atom stereocenters. The van der Waals surface area contributed by atoms with E-state index in [1.807, 2.05) is 0 Å². The van der Waals surface area contributed by atoms with Crippen LogP contribution < -0.4 is 4.90 Å². The quantitative estimate of drug-likeness (QED) is 0.711. The van der Waals surface area contributed by atoms with Crippen molar-refractivity contribution < 1.29 is 4.39 Å². The lowest BCUT2D eigenvalue weighted by Gasteiger charge is -2.39. The average molecular weight is 382 g/mol. The molecule has 0 amide bonds. The first-order valence-electron chi connectivity index (χ1n) is 8.84. The Labute approximate surface area is 162 Å². The van der Waals surface area contributed by atoms with E-state index in [-0.39, 0.29) is 11.9 Å². The van der Waals surface area contributed by atoms with Crippen LogP contribution in [0.1, 0.15) is 24.1 Å². The van der Waals surface area contributed by atoms with Crippen molar-refractivity contribution in [3.05, 3.63) is 52.7 Å². The van der Waals surface area contributed by atoms with Gasteiger partial charge in [0.25, 0.3) is 0 Å². The van der Waals surface area contributed by atoms with Crippen LogP contribution in [-0.2, 0) is 0 Å². The molecule has 2 saturated heterocycles. The van der Waals surface area contributed by atoms with Gasteiger partial charge in [-0.15, -0.1) is 0 Å². The van der Waals surface area contributed by atoms with Crippen LogP contribution in [0.3, 0.4) is 0 Å². The van der Waals surface area contributed by atoms with Crippen LogP contribution in [-0.4, -0.2) is 46.6 Å². The summed E-state index contributed by atoms with van der Waals surface area (Å²) in [5.41, 5.74) is 0.694. The molecule has 0 bridgehead atoms. The predicted molar refractivity (Wildman–Crippen MR) is 101 cm³/mol. The van der Waals surface area contributed by atoms with Crippen molar-refractivity contribution in [3.63, 3.8) is 0 Å². The highest BCUT2D eigenvalue weighted by molar-refractivity contribution is 6.30. The molecular formula is C20H17ClFN5. The topological polar surface area (TPSA) is 56.1 Å². The van der Waals surface area contributed by atoms with Gasteiger partial charge < -0.3 is 4.90 Å². The summed E-state index contributed by atoms with van der Waals surface area (Å²) in [5, 5.41) is 9.73. The summed E-state index contributed by atoms with van der Waals surface area (Å²) in [7, 11) is 0. The highest BCUT2D eigenvalue weighted by Crippen LogP contribution is 2.29. The molecule has 2 fully saturated rings. The average Bonchev–Trinajstić information content (AvgIpc) is 3.11. The number of hydrogen-bond acceptors (Lipinski definition) is 5. The lowest BCUT2D eigenvalue weighted by atomic mass is 10.1. The minimum Gasteiger partial charge on any atom is -0.351 e. The number of nitrogens with zero attached hydrogens (tertiary/aromatic N) is 5. The minimum absolute atomic E-state index is 0.104. The second-order valence-corrected chi connectivity index (χ2v) is 7.10. The summed E-state index contributed by atoms with van der Waals surface area (Å²) in [6.07, 6.45) is 5.11. The van der Waals surface area contributed by atoms with Crippen molar-refractivity contribution in [1.82, 2.24) is 14.9 Å². The molecule has 0 saturated carbocycles. The van der Waals surface area contributed by atoms with Gasteiger partial charge in [-0.2, -0.15) is 5.26 Å². The predicted octanol–water partition coefficient (Wildman–Crippen LogP) is 2.85. The fraction of sp³-hybridized carbons (Fsp3) is 0.350. The number of nitriles is 1. The molecular weight excluding hydrogens is 365 g/mol. The first-order valence-corrected chi connectivity index (χ1v) is 9.22. The monoisotopic (exact) mass is 381 g/mol. The molecule has 2 aliphatic rings. The number of benzene rings is 1. The van der Waals surface area contributed by atoms with E-state index >= 15 is 0 Å². The van der Waals surface area contributed by atoms with Crippen molar-refractivity contribution in [2.24, 2.45) is 0 Å². The number of rotatable bonds is 1. The second-order valence-electron chi connectivity index (χ2n) is 6.66.